The number of nitrogens with one attached hydrogen (secondary N) is 1. The Morgan fingerprint density at radius 1 is 1.22 bits per heavy atom. The summed E-state index contributed by atoms with van der Waals surface area (Å²) in [5, 5.41) is 7.16. The van der Waals surface area contributed by atoms with E-state index in [1.54, 1.807) is 10.7 Å². The average Bonchev–Trinajstić information content (AvgIpc) is 3.35. The fourth-order valence-corrected chi connectivity index (χ4v) is 4.79. The smallest absolute Gasteiger partial charge is 0.347 e. The summed E-state index contributed by atoms with van der Waals surface area (Å²) in [6.45, 7) is 4.10. The lowest BCUT2D eigenvalue weighted by molar-refractivity contribution is -0.138. The van der Waals surface area contributed by atoms with Crippen LogP contribution in [-0.2, 0) is 32.5 Å². The second-order valence-electron chi connectivity index (χ2n) is 7.56. The molecule has 1 amide bonds. The van der Waals surface area contributed by atoms with Gasteiger partial charge in [0.15, 0.2) is 0 Å². The third kappa shape index (κ3) is 5.05. The van der Waals surface area contributed by atoms with E-state index in [0.717, 1.165) is 40.6 Å². The van der Waals surface area contributed by atoms with Crippen molar-refractivity contribution in [2.24, 2.45) is 12.8 Å². The molecule has 0 bridgehead atoms. The molecule has 0 aliphatic carbocycles. The van der Waals surface area contributed by atoms with Crippen LogP contribution >= 0.6 is 11.3 Å². The summed E-state index contributed by atoms with van der Waals surface area (Å²) < 4.78 is 41.8. The molecular formula is C23H27F3N4OS. The Labute approximate surface area is 189 Å². The lowest BCUT2D eigenvalue weighted by atomic mass is 9.99. The van der Waals surface area contributed by atoms with Gasteiger partial charge in [0, 0.05) is 30.1 Å². The first-order chi connectivity index (χ1) is 15.2. The van der Waals surface area contributed by atoms with Crippen LogP contribution in [0.15, 0.2) is 36.5 Å². The van der Waals surface area contributed by atoms with Crippen LogP contribution in [0.4, 0.5) is 13.2 Å². The SMILES string of the molecule is CCc1cnn(C)c1-c1cc(C(=O)NC(CN)Cc2ccccc2C(F)(F)F)sc1CC. The quantitative estimate of drug-likeness (QED) is 0.512. The van der Waals surface area contributed by atoms with E-state index in [9.17, 15) is 18.0 Å². The highest BCUT2D eigenvalue weighted by Gasteiger charge is 2.33. The first-order valence-electron chi connectivity index (χ1n) is 10.5. The van der Waals surface area contributed by atoms with Gasteiger partial charge in [0.1, 0.15) is 0 Å². The summed E-state index contributed by atoms with van der Waals surface area (Å²) in [6, 6.07) is 6.59. The molecule has 1 atom stereocenters. The Morgan fingerprint density at radius 3 is 2.56 bits per heavy atom. The fraction of sp³-hybridized carbons (Fsp3) is 0.391. The molecule has 3 rings (SSSR count). The summed E-state index contributed by atoms with van der Waals surface area (Å²) >= 11 is 1.39. The van der Waals surface area contributed by atoms with Gasteiger partial charge in [-0.1, -0.05) is 32.0 Å². The van der Waals surface area contributed by atoms with E-state index in [2.05, 4.69) is 17.3 Å². The van der Waals surface area contributed by atoms with Crippen LogP contribution in [0.2, 0.25) is 0 Å². The van der Waals surface area contributed by atoms with E-state index in [4.69, 9.17) is 5.73 Å². The number of amides is 1. The Balaban J connectivity index is 1.84. The number of hydrogen-bond acceptors (Lipinski definition) is 4. The lowest BCUT2D eigenvalue weighted by Crippen LogP contribution is -2.41. The second-order valence-corrected chi connectivity index (χ2v) is 8.70. The molecule has 3 aromatic rings. The first kappa shape index (κ1) is 24.0. The molecule has 2 heterocycles. The highest BCUT2D eigenvalue weighted by molar-refractivity contribution is 7.14. The van der Waals surface area contributed by atoms with Gasteiger partial charge in [-0.15, -0.1) is 11.3 Å². The number of rotatable bonds is 8. The van der Waals surface area contributed by atoms with E-state index in [-0.39, 0.29) is 24.4 Å². The van der Waals surface area contributed by atoms with Crippen LogP contribution in [0.25, 0.3) is 11.3 Å². The fourth-order valence-electron chi connectivity index (χ4n) is 3.78. The Morgan fingerprint density at radius 2 is 1.94 bits per heavy atom. The number of hydrogen-bond donors (Lipinski definition) is 2. The number of nitrogens with zero attached hydrogens (tertiary/aromatic N) is 2. The predicted octanol–water partition coefficient (Wildman–Crippen LogP) is 4.59. The van der Waals surface area contributed by atoms with Gasteiger partial charge in [-0.2, -0.15) is 18.3 Å². The molecule has 32 heavy (non-hydrogen) atoms. The lowest BCUT2D eigenvalue weighted by Gasteiger charge is -2.19. The van der Waals surface area contributed by atoms with Crippen LogP contribution in [0.3, 0.4) is 0 Å². The molecule has 5 nitrogen and oxygen atoms in total. The van der Waals surface area contributed by atoms with Crippen LogP contribution < -0.4 is 11.1 Å². The third-order valence-electron chi connectivity index (χ3n) is 5.41. The maximum atomic E-state index is 13.3. The summed E-state index contributed by atoms with van der Waals surface area (Å²) in [4.78, 5) is 14.5. The molecule has 0 fully saturated rings. The topological polar surface area (TPSA) is 72.9 Å². The number of aryl methyl sites for hydroxylation is 3. The molecule has 2 aromatic heterocycles. The summed E-state index contributed by atoms with van der Waals surface area (Å²) in [5.41, 5.74) is 8.24. The van der Waals surface area contributed by atoms with Gasteiger partial charge in [0.2, 0.25) is 0 Å². The van der Waals surface area contributed by atoms with E-state index < -0.39 is 17.8 Å². The number of halogens is 3. The molecule has 0 saturated carbocycles. The summed E-state index contributed by atoms with van der Waals surface area (Å²) in [6.07, 6.45) is -1.07. The highest BCUT2D eigenvalue weighted by Crippen LogP contribution is 2.35. The van der Waals surface area contributed by atoms with E-state index in [1.165, 1.54) is 23.5 Å². The van der Waals surface area contributed by atoms with Crippen LogP contribution in [0.1, 0.15) is 45.1 Å². The van der Waals surface area contributed by atoms with Crippen molar-refractivity contribution in [3.8, 4) is 11.3 Å². The third-order valence-corrected chi connectivity index (χ3v) is 6.69. The number of aromatic nitrogens is 2. The van der Waals surface area contributed by atoms with Crippen LogP contribution in [-0.4, -0.2) is 28.3 Å². The Hall–Kier alpha value is -2.65. The zero-order chi connectivity index (χ0) is 23.5. The molecule has 1 aromatic carbocycles. The minimum absolute atomic E-state index is 0.00148. The van der Waals surface area contributed by atoms with Crippen molar-refractivity contribution in [2.75, 3.05) is 6.54 Å². The largest absolute Gasteiger partial charge is 0.416 e. The minimum Gasteiger partial charge on any atom is -0.347 e. The van der Waals surface area contributed by atoms with Gasteiger partial charge in [0.05, 0.1) is 22.3 Å². The average molecular weight is 465 g/mol. The molecule has 3 N–H and O–H groups in total. The first-order valence-corrected chi connectivity index (χ1v) is 11.3. The van der Waals surface area contributed by atoms with Crippen molar-refractivity contribution < 1.29 is 18.0 Å². The van der Waals surface area contributed by atoms with E-state index >= 15 is 0 Å². The van der Waals surface area contributed by atoms with E-state index in [1.807, 2.05) is 26.2 Å². The minimum atomic E-state index is -4.46. The van der Waals surface area contributed by atoms with Crippen molar-refractivity contribution >= 4 is 17.2 Å². The van der Waals surface area contributed by atoms with Gasteiger partial charge < -0.3 is 11.1 Å². The van der Waals surface area contributed by atoms with Crippen LogP contribution in [0, 0.1) is 0 Å². The zero-order valence-corrected chi connectivity index (χ0v) is 19.1. The van der Waals surface area contributed by atoms with E-state index in [0.29, 0.717) is 4.88 Å². The van der Waals surface area contributed by atoms with Crippen LogP contribution in [0.5, 0.6) is 0 Å². The number of nitrogens with two attached hydrogens (primary N) is 1. The van der Waals surface area contributed by atoms with Crippen molar-refractivity contribution in [3.63, 3.8) is 0 Å². The normalized spacial score (nSPS) is 12.7. The molecule has 0 saturated heterocycles. The molecule has 0 radical (unpaired) electrons. The molecule has 0 aliphatic heterocycles. The standard InChI is InChI=1S/C23H27F3N4OS/c1-4-14-13-28-30(3)21(14)17-11-20(32-19(17)5-2)22(31)29-16(12-27)10-15-8-6-7-9-18(15)23(24,25)26/h6-9,11,13,16H,4-5,10,12,27H2,1-3H3,(H,29,31). The molecular weight excluding hydrogens is 437 g/mol. The maximum Gasteiger partial charge on any atom is 0.416 e. The van der Waals surface area contributed by atoms with Gasteiger partial charge in [-0.05, 0) is 42.5 Å². The number of carbonyl (C=O) groups excluding carboxylic acids is 1. The van der Waals surface area contributed by atoms with Crippen molar-refractivity contribution in [2.45, 2.75) is 45.3 Å². The molecule has 0 aliphatic rings. The van der Waals surface area contributed by atoms with Gasteiger partial charge in [-0.3, -0.25) is 9.48 Å². The predicted molar refractivity (Wildman–Crippen MR) is 121 cm³/mol. The molecule has 172 valence electrons. The Kier molecular flexibility index (Phi) is 7.40. The monoisotopic (exact) mass is 464 g/mol. The Bertz CT molecular complexity index is 1090. The second kappa shape index (κ2) is 9.87. The zero-order valence-electron chi connectivity index (χ0n) is 18.3. The van der Waals surface area contributed by atoms with Crippen molar-refractivity contribution in [3.05, 3.63) is 63.0 Å². The van der Waals surface area contributed by atoms with Crippen molar-refractivity contribution in [1.29, 1.82) is 0 Å². The van der Waals surface area contributed by atoms with Gasteiger partial charge in [0.25, 0.3) is 5.91 Å². The number of carbonyl (C=O) groups is 1. The number of thiophene rings is 1. The van der Waals surface area contributed by atoms with Gasteiger partial charge in [-0.25, -0.2) is 0 Å². The summed E-state index contributed by atoms with van der Waals surface area (Å²) in [5.74, 6) is -0.337. The maximum absolute atomic E-state index is 13.3. The molecule has 0 spiro atoms. The van der Waals surface area contributed by atoms with Gasteiger partial charge >= 0.3 is 6.18 Å². The number of alkyl halides is 3. The molecule has 1 unspecified atom stereocenters. The summed E-state index contributed by atoms with van der Waals surface area (Å²) in [7, 11) is 1.87. The highest BCUT2D eigenvalue weighted by atomic mass is 32.1. The van der Waals surface area contributed by atoms with Crippen molar-refractivity contribution in [1.82, 2.24) is 15.1 Å². The molecule has 9 heteroatoms. The number of benzene rings is 1.